The molecular formula is C15H22. The van der Waals surface area contributed by atoms with Gasteiger partial charge in [0.05, 0.1) is 0 Å². The van der Waals surface area contributed by atoms with Gasteiger partial charge in [0.1, 0.15) is 0 Å². The van der Waals surface area contributed by atoms with Gasteiger partial charge in [-0.1, -0.05) is 49.8 Å². The minimum Gasteiger partial charge on any atom is -0.0810 e. The van der Waals surface area contributed by atoms with Crippen LogP contribution < -0.4 is 0 Å². The van der Waals surface area contributed by atoms with Crippen molar-refractivity contribution in [2.24, 2.45) is 5.92 Å². The molecule has 0 aliphatic rings. The van der Waals surface area contributed by atoms with Gasteiger partial charge in [-0.05, 0) is 43.7 Å². The van der Waals surface area contributed by atoms with Gasteiger partial charge in [-0.25, -0.2) is 0 Å². The summed E-state index contributed by atoms with van der Waals surface area (Å²) in [6.45, 7) is 8.87. The van der Waals surface area contributed by atoms with Crippen molar-refractivity contribution >= 4 is 5.57 Å². The number of benzene rings is 1. The lowest BCUT2D eigenvalue weighted by Gasteiger charge is -2.04. The van der Waals surface area contributed by atoms with Crippen molar-refractivity contribution in [3.05, 3.63) is 41.5 Å². The second-order valence-corrected chi connectivity index (χ2v) is 4.72. The maximum Gasteiger partial charge on any atom is -0.0230 e. The standard InChI is InChI=1S/C15H22/c1-12(2)6-5-7-14(4)15-10-8-13(3)9-11-15/h7-12H,5-6H2,1-4H3. The second-order valence-electron chi connectivity index (χ2n) is 4.72. The number of aryl methyl sites for hydroxylation is 1. The van der Waals surface area contributed by atoms with Crippen LogP contribution in [-0.2, 0) is 0 Å². The Balaban J connectivity index is 2.59. The fourth-order valence-electron chi connectivity index (χ4n) is 1.57. The zero-order valence-corrected chi connectivity index (χ0v) is 10.4. The molecule has 0 saturated heterocycles. The maximum absolute atomic E-state index is 2.35. The molecule has 0 nitrogen and oxygen atoms in total. The summed E-state index contributed by atoms with van der Waals surface area (Å²) in [5.74, 6) is 0.798. The van der Waals surface area contributed by atoms with Crippen molar-refractivity contribution in [3.8, 4) is 0 Å². The molecule has 0 atom stereocenters. The van der Waals surface area contributed by atoms with E-state index in [1.807, 2.05) is 0 Å². The van der Waals surface area contributed by atoms with E-state index in [0.717, 1.165) is 5.92 Å². The lowest BCUT2D eigenvalue weighted by atomic mass is 10.0. The Hall–Kier alpha value is -1.04. The molecule has 82 valence electrons. The molecule has 0 fully saturated rings. The van der Waals surface area contributed by atoms with Gasteiger partial charge in [0.15, 0.2) is 0 Å². The molecule has 0 aliphatic heterocycles. The quantitative estimate of drug-likeness (QED) is 0.655. The van der Waals surface area contributed by atoms with Gasteiger partial charge >= 0.3 is 0 Å². The lowest BCUT2D eigenvalue weighted by molar-refractivity contribution is 0.594. The van der Waals surface area contributed by atoms with E-state index >= 15 is 0 Å². The number of hydrogen-bond acceptors (Lipinski definition) is 0. The molecule has 0 aliphatic carbocycles. The van der Waals surface area contributed by atoms with E-state index in [4.69, 9.17) is 0 Å². The van der Waals surface area contributed by atoms with Crippen LogP contribution in [0.15, 0.2) is 30.3 Å². The Morgan fingerprint density at radius 2 is 1.80 bits per heavy atom. The van der Waals surface area contributed by atoms with Crippen LogP contribution in [0.2, 0.25) is 0 Å². The van der Waals surface area contributed by atoms with Crippen LogP contribution in [0.1, 0.15) is 44.7 Å². The fourth-order valence-corrected chi connectivity index (χ4v) is 1.57. The molecule has 0 unspecified atom stereocenters. The lowest BCUT2D eigenvalue weighted by Crippen LogP contribution is -1.85. The Bertz CT molecular complexity index is 314. The Kier molecular flexibility index (Phi) is 4.61. The molecule has 0 heterocycles. The average Bonchev–Trinajstić information content (AvgIpc) is 2.18. The zero-order valence-electron chi connectivity index (χ0n) is 10.4. The molecule has 0 heteroatoms. The minimum absolute atomic E-state index is 0.798. The first-order valence-corrected chi connectivity index (χ1v) is 5.83. The summed E-state index contributed by atoms with van der Waals surface area (Å²) < 4.78 is 0. The van der Waals surface area contributed by atoms with Crippen molar-refractivity contribution in [1.29, 1.82) is 0 Å². The second kappa shape index (κ2) is 5.75. The highest BCUT2D eigenvalue weighted by atomic mass is 14.0. The summed E-state index contributed by atoms with van der Waals surface area (Å²) in [5.41, 5.74) is 4.08. The third kappa shape index (κ3) is 4.33. The van der Waals surface area contributed by atoms with Gasteiger partial charge in [-0.3, -0.25) is 0 Å². The van der Waals surface area contributed by atoms with E-state index in [9.17, 15) is 0 Å². The number of rotatable bonds is 4. The van der Waals surface area contributed by atoms with E-state index < -0.39 is 0 Å². The molecule has 0 N–H and O–H groups in total. The van der Waals surface area contributed by atoms with Gasteiger partial charge in [0, 0.05) is 0 Å². The molecule has 15 heavy (non-hydrogen) atoms. The first kappa shape index (κ1) is 12.0. The van der Waals surface area contributed by atoms with Crippen LogP contribution in [0.3, 0.4) is 0 Å². The third-order valence-electron chi connectivity index (χ3n) is 2.70. The summed E-state index contributed by atoms with van der Waals surface area (Å²) in [6.07, 6.45) is 4.82. The van der Waals surface area contributed by atoms with E-state index in [0.29, 0.717) is 0 Å². The van der Waals surface area contributed by atoms with E-state index in [2.05, 4.69) is 58.0 Å². The molecule has 0 aromatic heterocycles. The highest BCUT2D eigenvalue weighted by Gasteiger charge is 1.96. The SMILES string of the molecule is CC(=CCCC(C)C)c1ccc(C)cc1. The maximum atomic E-state index is 2.35. The zero-order chi connectivity index (χ0) is 11.3. The van der Waals surface area contributed by atoms with Gasteiger partial charge in [-0.2, -0.15) is 0 Å². The monoisotopic (exact) mass is 202 g/mol. The van der Waals surface area contributed by atoms with Gasteiger partial charge < -0.3 is 0 Å². The molecular weight excluding hydrogens is 180 g/mol. The van der Waals surface area contributed by atoms with Gasteiger partial charge in [0.25, 0.3) is 0 Å². The highest BCUT2D eigenvalue weighted by Crippen LogP contribution is 2.16. The van der Waals surface area contributed by atoms with Crippen LogP contribution in [0.5, 0.6) is 0 Å². The van der Waals surface area contributed by atoms with Crippen LogP contribution in [0.4, 0.5) is 0 Å². The van der Waals surface area contributed by atoms with Crippen molar-refractivity contribution in [3.63, 3.8) is 0 Å². The van der Waals surface area contributed by atoms with Crippen molar-refractivity contribution in [2.45, 2.75) is 40.5 Å². The van der Waals surface area contributed by atoms with Crippen molar-refractivity contribution in [2.75, 3.05) is 0 Å². The summed E-state index contributed by atoms with van der Waals surface area (Å²) >= 11 is 0. The van der Waals surface area contributed by atoms with Crippen LogP contribution in [0.25, 0.3) is 5.57 Å². The van der Waals surface area contributed by atoms with Crippen LogP contribution >= 0.6 is 0 Å². The predicted octanol–water partition coefficient (Wildman–Crippen LogP) is 4.83. The molecule has 0 spiro atoms. The topological polar surface area (TPSA) is 0 Å². The molecule has 0 radical (unpaired) electrons. The summed E-state index contributed by atoms with van der Waals surface area (Å²) in [5, 5.41) is 0. The largest absolute Gasteiger partial charge is 0.0810 e. The third-order valence-corrected chi connectivity index (χ3v) is 2.70. The smallest absolute Gasteiger partial charge is 0.0230 e. The molecule has 0 saturated carbocycles. The first-order chi connectivity index (χ1) is 7.09. The summed E-state index contributed by atoms with van der Waals surface area (Å²) in [6, 6.07) is 8.76. The average molecular weight is 202 g/mol. The summed E-state index contributed by atoms with van der Waals surface area (Å²) in [7, 11) is 0. The molecule has 0 bridgehead atoms. The Labute approximate surface area is 94.0 Å². The first-order valence-electron chi connectivity index (χ1n) is 5.83. The number of allylic oxidation sites excluding steroid dienone is 2. The molecule has 1 aromatic carbocycles. The van der Waals surface area contributed by atoms with E-state index in [-0.39, 0.29) is 0 Å². The Morgan fingerprint density at radius 1 is 1.20 bits per heavy atom. The van der Waals surface area contributed by atoms with E-state index in [1.165, 1.54) is 29.5 Å². The molecule has 0 amide bonds. The Morgan fingerprint density at radius 3 is 2.33 bits per heavy atom. The van der Waals surface area contributed by atoms with E-state index in [1.54, 1.807) is 0 Å². The van der Waals surface area contributed by atoms with Gasteiger partial charge in [0.2, 0.25) is 0 Å². The predicted molar refractivity (Wildman–Crippen MR) is 68.9 cm³/mol. The van der Waals surface area contributed by atoms with Crippen LogP contribution in [0, 0.1) is 12.8 Å². The molecule has 1 rings (SSSR count). The normalized spacial score (nSPS) is 12.2. The highest BCUT2D eigenvalue weighted by molar-refractivity contribution is 5.63. The minimum atomic E-state index is 0.798. The summed E-state index contributed by atoms with van der Waals surface area (Å²) in [4.78, 5) is 0. The molecule has 1 aromatic rings. The van der Waals surface area contributed by atoms with Gasteiger partial charge in [-0.15, -0.1) is 0 Å². The van der Waals surface area contributed by atoms with Crippen LogP contribution in [-0.4, -0.2) is 0 Å². The fraction of sp³-hybridized carbons (Fsp3) is 0.467. The number of hydrogen-bond donors (Lipinski definition) is 0. The van der Waals surface area contributed by atoms with Crippen molar-refractivity contribution < 1.29 is 0 Å². The van der Waals surface area contributed by atoms with Crippen molar-refractivity contribution in [1.82, 2.24) is 0 Å².